The Morgan fingerprint density at radius 3 is 2.45 bits per heavy atom. The number of ether oxygens (including phenoxy) is 1. The second-order valence-corrected chi connectivity index (χ2v) is 6.72. The van der Waals surface area contributed by atoms with Crippen molar-refractivity contribution in [2.45, 2.75) is 6.42 Å². The van der Waals surface area contributed by atoms with Gasteiger partial charge in [-0.2, -0.15) is 4.31 Å². The van der Waals surface area contributed by atoms with Crippen LogP contribution in [-0.2, 0) is 24.3 Å². The highest BCUT2D eigenvalue weighted by atomic mass is 32.2. The van der Waals surface area contributed by atoms with E-state index in [1.165, 1.54) is 14.2 Å². The van der Waals surface area contributed by atoms with Gasteiger partial charge in [0.05, 0.1) is 25.8 Å². The average Bonchev–Trinajstić information content (AvgIpc) is 2.45. The van der Waals surface area contributed by atoms with Gasteiger partial charge in [-0.05, 0) is 0 Å². The maximum absolute atomic E-state index is 11.9. The summed E-state index contributed by atoms with van der Waals surface area (Å²) in [6.07, 6.45) is -0.217. The van der Waals surface area contributed by atoms with Gasteiger partial charge in [0.15, 0.2) is 0 Å². The van der Waals surface area contributed by atoms with Crippen molar-refractivity contribution in [1.29, 1.82) is 0 Å². The molecule has 0 spiro atoms. The van der Waals surface area contributed by atoms with Crippen molar-refractivity contribution in [3.05, 3.63) is 0 Å². The summed E-state index contributed by atoms with van der Waals surface area (Å²) >= 11 is 0. The third-order valence-electron chi connectivity index (χ3n) is 3.09. The van der Waals surface area contributed by atoms with Gasteiger partial charge in [0.2, 0.25) is 15.9 Å². The number of rotatable bonds is 6. The zero-order valence-electron chi connectivity index (χ0n) is 11.8. The topological polar surface area (TPSA) is 96.0 Å². The molecule has 0 bridgehead atoms. The molecule has 9 heteroatoms. The Hall–Kier alpha value is -1.19. The standard InChI is InChI=1S/C11H21N3O5S/c1-13(20(17,18)8-3-11(16)19-2)9-10(15)14-6-4-12-5-7-14/h12H,3-9H2,1-2H3. The van der Waals surface area contributed by atoms with Crippen LogP contribution in [0.3, 0.4) is 0 Å². The molecule has 0 radical (unpaired) electrons. The molecular formula is C11H21N3O5S. The number of carbonyl (C=O) groups is 2. The second-order valence-electron chi connectivity index (χ2n) is 4.53. The van der Waals surface area contributed by atoms with Crippen molar-refractivity contribution in [3.8, 4) is 0 Å². The molecule has 0 saturated carbocycles. The Bertz CT molecular complexity index is 445. The lowest BCUT2D eigenvalue weighted by atomic mass is 10.3. The highest BCUT2D eigenvalue weighted by Gasteiger charge is 2.24. The highest BCUT2D eigenvalue weighted by molar-refractivity contribution is 7.89. The van der Waals surface area contributed by atoms with Gasteiger partial charge in [0.25, 0.3) is 0 Å². The fourth-order valence-electron chi connectivity index (χ4n) is 1.77. The summed E-state index contributed by atoms with van der Waals surface area (Å²) in [6.45, 7) is 2.38. The Kier molecular flexibility index (Phi) is 6.37. The predicted octanol–water partition coefficient (Wildman–Crippen LogP) is -1.76. The molecule has 0 unspecified atom stereocenters. The van der Waals surface area contributed by atoms with Crippen LogP contribution < -0.4 is 5.32 Å². The number of piperazine rings is 1. The molecule has 116 valence electrons. The van der Waals surface area contributed by atoms with E-state index in [9.17, 15) is 18.0 Å². The first-order valence-corrected chi connectivity index (χ1v) is 7.97. The molecule has 1 rings (SSSR count). The van der Waals surface area contributed by atoms with Gasteiger partial charge < -0.3 is 15.0 Å². The molecule has 0 aromatic rings. The molecular weight excluding hydrogens is 286 g/mol. The van der Waals surface area contributed by atoms with E-state index in [4.69, 9.17) is 0 Å². The van der Waals surface area contributed by atoms with Crippen molar-refractivity contribution in [2.24, 2.45) is 0 Å². The van der Waals surface area contributed by atoms with Gasteiger partial charge in [-0.15, -0.1) is 0 Å². The molecule has 1 saturated heterocycles. The van der Waals surface area contributed by atoms with E-state index in [0.717, 1.165) is 4.31 Å². The third kappa shape index (κ3) is 5.06. The van der Waals surface area contributed by atoms with Crippen LogP contribution in [0.2, 0.25) is 0 Å². The number of nitrogens with zero attached hydrogens (tertiary/aromatic N) is 2. The number of likely N-dealkylation sites (N-methyl/N-ethyl adjacent to an activating group) is 1. The van der Waals surface area contributed by atoms with Crippen molar-refractivity contribution >= 4 is 21.9 Å². The molecule has 1 fully saturated rings. The number of esters is 1. The average molecular weight is 307 g/mol. The number of amides is 1. The van der Waals surface area contributed by atoms with E-state index in [1.807, 2.05) is 0 Å². The van der Waals surface area contributed by atoms with E-state index < -0.39 is 16.0 Å². The number of carbonyl (C=O) groups excluding carboxylic acids is 2. The van der Waals surface area contributed by atoms with Crippen LogP contribution in [0.4, 0.5) is 0 Å². The lowest BCUT2D eigenvalue weighted by Crippen LogP contribution is -2.50. The smallest absolute Gasteiger partial charge is 0.306 e. The van der Waals surface area contributed by atoms with Gasteiger partial charge in [0, 0.05) is 33.2 Å². The molecule has 0 atom stereocenters. The highest BCUT2D eigenvalue weighted by Crippen LogP contribution is 2.03. The molecule has 1 amide bonds. The maximum atomic E-state index is 11.9. The van der Waals surface area contributed by atoms with Crippen LogP contribution >= 0.6 is 0 Å². The summed E-state index contributed by atoms with van der Waals surface area (Å²) in [5.74, 6) is -1.17. The second kappa shape index (κ2) is 7.55. The number of methoxy groups -OCH3 is 1. The van der Waals surface area contributed by atoms with Gasteiger partial charge in [-0.25, -0.2) is 8.42 Å². The third-order valence-corrected chi connectivity index (χ3v) is 4.89. The molecule has 1 N–H and O–H groups in total. The van der Waals surface area contributed by atoms with E-state index in [-0.39, 0.29) is 24.6 Å². The normalized spacial score (nSPS) is 16.2. The summed E-state index contributed by atoms with van der Waals surface area (Å²) in [4.78, 5) is 24.5. The number of sulfonamides is 1. The fourth-order valence-corrected chi connectivity index (χ4v) is 2.82. The zero-order chi connectivity index (χ0) is 15.2. The van der Waals surface area contributed by atoms with Crippen LogP contribution in [0.15, 0.2) is 0 Å². The van der Waals surface area contributed by atoms with Crippen LogP contribution in [0.5, 0.6) is 0 Å². The Morgan fingerprint density at radius 2 is 1.90 bits per heavy atom. The minimum atomic E-state index is -3.63. The lowest BCUT2D eigenvalue weighted by Gasteiger charge is -2.29. The molecule has 8 nitrogen and oxygen atoms in total. The minimum Gasteiger partial charge on any atom is -0.469 e. The van der Waals surface area contributed by atoms with E-state index in [2.05, 4.69) is 10.1 Å². The molecule has 1 heterocycles. The maximum Gasteiger partial charge on any atom is 0.306 e. The molecule has 0 aromatic carbocycles. The summed E-state index contributed by atoms with van der Waals surface area (Å²) in [6, 6.07) is 0. The van der Waals surface area contributed by atoms with Crippen LogP contribution in [-0.4, -0.2) is 82.1 Å². The largest absolute Gasteiger partial charge is 0.469 e. The number of hydrogen-bond donors (Lipinski definition) is 1. The monoisotopic (exact) mass is 307 g/mol. The lowest BCUT2D eigenvalue weighted by molar-refractivity contribution is -0.140. The van der Waals surface area contributed by atoms with Crippen LogP contribution in [0.25, 0.3) is 0 Å². The van der Waals surface area contributed by atoms with Crippen molar-refractivity contribution < 1.29 is 22.7 Å². The molecule has 1 aliphatic heterocycles. The van der Waals surface area contributed by atoms with Crippen molar-refractivity contribution in [2.75, 3.05) is 52.6 Å². The molecule has 20 heavy (non-hydrogen) atoms. The summed E-state index contributed by atoms with van der Waals surface area (Å²) < 4.78 is 29.2. The predicted molar refractivity (Wildman–Crippen MR) is 72.5 cm³/mol. The fraction of sp³-hybridized carbons (Fsp3) is 0.818. The van der Waals surface area contributed by atoms with Gasteiger partial charge in [-0.3, -0.25) is 9.59 Å². The Labute approximate surface area is 119 Å². The van der Waals surface area contributed by atoms with E-state index >= 15 is 0 Å². The summed E-state index contributed by atoms with van der Waals surface area (Å²) in [5.41, 5.74) is 0. The first-order valence-electron chi connectivity index (χ1n) is 6.36. The van der Waals surface area contributed by atoms with Crippen molar-refractivity contribution in [3.63, 3.8) is 0 Å². The Balaban J connectivity index is 2.49. The van der Waals surface area contributed by atoms with Gasteiger partial charge in [-0.1, -0.05) is 0 Å². The Morgan fingerprint density at radius 1 is 1.30 bits per heavy atom. The van der Waals surface area contributed by atoms with Crippen LogP contribution in [0.1, 0.15) is 6.42 Å². The number of hydrogen-bond acceptors (Lipinski definition) is 6. The quantitative estimate of drug-likeness (QED) is 0.584. The molecule has 0 aromatic heterocycles. The summed E-state index contributed by atoms with van der Waals surface area (Å²) in [7, 11) is -1.09. The SMILES string of the molecule is COC(=O)CCS(=O)(=O)N(C)CC(=O)N1CCNCC1. The van der Waals surface area contributed by atoms with E-state index in [1.54, 1.807) is 4.90 Å². The summed E-state index contributed by atoms with van der Waals surface area (Å²) in [5, 5.41) is 3.12. The van der Waals surface area contributed by atoms with Crippen LogP contribution in [0, 0.1) is 0 Å². The van der Waals surface area contributed by atoms with E-state index in [0.29, 0.717) is 26.2 Å². The molecule has 0 aliphatic carbocycles. The van der Waals surface area contributed by atoms with Gasteiger partial charge in [0.1, 0.15) is 0 Å². The van der Waals surface area contributed by atoms with Crippen molar-refractivity contribution in [1.82, 2.24) is 14.5 Å². The number of nitrogens with one attached hydrogen (secondary N) is 1. The first kappa shape index (κ1) is 16.9. The molecule has 1 aliphatic rings. The van der Waals surface area contributed by atoms with Gasteiger partial charge >= 0.3 is 5.97 Å². The zero-order valence-corrected chi connectivity index (χ0v) is 12.6. The first-order chi connectivity index (χ1) is 9.36. The minimum absolute atomic E-state index is 0.205.